The highest BCUT2D eigenvalue weighted by molar-refractivity contribution is 6.04. The van der Waals surface area contributed by atoms with Crippen LogP contribution in [0.3, 0.4) is 0 Å². The van der Waals surface area contributed by atoms with Crippen LogP contribution in [0.5, 0.6) is 5.75 Å². The number of ether oxygens (including phenoxy) is 1. The normalized spacial score (nSPS) is 10.9. The number of benzene rings is 2. The van der Waals surface area contributed by atoms with Crippen LogP contribution in [0.2, 0.25) is 0 Å². The highest BCUT2D eigenvalue weighted by Gasteiger charge is 2.38. The Morgan fingerprint density at radius 2 is 1.76 bits per heavy atom. The van der Waals surface area contributed by atoms with Gasteiger partial charge in [-0.25, -0.2) is 0 Å². The van der Waals surface area contributed by atoms with Gasteiger partial charge in [0.15, 0.2) is 0 Å². The molecule has 0 aliphatic heterocycles. The van der Waals surface area contributed by atoms with Gasteiger partial charge < -0.3 is 15.4 Å². The lowest BCUT2D eigenvalue weighted by atomic mass is 10.1. The van der Waals surface area contributed by atoms with E-state index >= 15 is 0 Å². The molecule has 2 aromatic rings. The summed E-state index contributed by atoms with van der Waals surface area (Å²) in [6.07, 6.45) is -4.93. The van der Waals surface area contributed by atoms with E-state index < -0.39 is 12.1 Å². The lowest BCUT2D eigenvalue weighted by Gasteiger charge is -2.10. The van der Waals surface area contributed by atoms with E-state index in [0.717, 1.165) is 0 Å². The Morgan fingerprint density at radius 1 is 1.08 bits per heavy atom. The lowest BCUT2D eigenvalue weighted by Crippen LogP contribution is -2.36. The topological polar surface area (TPSA) is 67.4 Å². The zero-order valence-corrected chi connectivity index (χ0v) is 13.2. The summed E-state index contributed by atoms with van der Waals surface area (Å²) in [5.74, 6) is -1.78. The number of nitrogens with one attached hydrogen (secondary N) is 2. The first-order valence-corrected chi connectivity index (χ1v) is 7.19. The third-order valence-electron chi connectivity index (χ3n) is 3.25. The van der Waals surface area contributed by atoms with E-state index in [9.17, 15) is 22.8 Å². The van der Waals surface area contributed by atoms with Gasteiger partial charge in [0.05, 0.1) is 7.11 Å². The van der Waals surface area contributed by atoms with E-state index in [1.165, 1.54) is 13.2 Å². The third-order valence-corrected chi connectivity index (χ3v) is 3.25. The van der Waals surface area contributed by atoms with Crippen molar-refractivity contribution in [2.45, 2.75) is 12.7 Å². The van der Waals surface area contributed by atoms with Gasteiger partial charge in [-0.3, -0.25) is 9.59 Å². The number of hydrogen-bond donors (Lipinski definition) is 2. The maximum absolute atomic E-state index is 12.2. The van der Waals surface area contributed by atoms with E-state index in [2.05, 4.69) is 5.32 Å². The largest absolute Gasteiger partial charge is 0.497 e. The molecule has 2 amide bonds. The molecule has 0 aliphatic carbocycles. The molecule has 132 valence electrons. The van der Waals surface area contributed by atoms with E-state index in [4.69, 9.17) is 4.74 Å². The summed E-state index contributed by atoms with van der Waals surface area (Å²) < 4.78 is 41.5. The molecule has 2 aromatic carbocycles. The number of carbonyl (C=O) groups excluding carboxylic acids is 2. The second kappa shape index (κ2) is 7.69. The smallest absolute Gasteiger partial charge is 0.471 e. The maximum Gasteiger partial charge on any atom is 0.471 e. The van der Waals surface area contributed by atoms with Gasteiger partial charge in [0.2, 0.25) is 0 Å². The summed E-state index contributed by atoms with van der Waals surface area (Å²) >= 11 is 0. The molecule has 0 saturated heterocycles. The average Bonchev–Trinajstić information content (AvgIpc) is 2.59. The predicted molar refractivity (Wildman–Crippen MR) is 85.3 cm³/mol. The lowest BCUT2D eigenvalue weighted by molar-refractivity contribution is -0.173. The molecule has 2 N–H and O–H groups in total. The van der Waals surface area contributed by atoms with Crippen LogP contribution in [0, 0.1) is 0 Å². The fraction of sp³-hybridized carbons (Fsp3) is 0.176. The van der Waals surface area contributed by atoms with Crippen molar-refractivity contribution < 1.29 is 27.5 Å². The molecule has 5 nitrogen and oxygen atoms in total. The highest BCUT2D eigenvalue weighted by Crippen LogP contribution is 2.17. The van der Waals surface area contributed by atoms with Crippen molar-refractivity contribution in [3.05, 3.63) is 59.7 Å². The van der Waals surface area contributed by atoms with Gasteiger partial charge >= 0.3 is 12.1 Å². The van der Waals surface area contributed by atoms with Crippen LogP contribution >= 0.6 is 0 Å². The summed E-state index contributed by atoms with van der Waals surface area (Å²) in [7, 11) is 1.51. The first kappa shape index (κ1) is 18.3. The number of alkyl halides is 3. The third kappa shape index (κ3) is 5.23. The molecule has 0 unspecified atom stereocenters. The number of anilines is 1. The maximum atomic E-state index is 12.2. The number of halogens is 3. The van der Waals surface area contributed by atoms with E-state index in [1.807, 2.05) is 0 Å². The fourth-order valence-corrected chi connectivity index (χ4v) is 1.99. The first-order valence-electron chi connectivity index (χ1n) is 7.19. The molecule has 0 spiro atoms. The molecule has 0 heterocycles. The van der Waals surface area contributed by atoms with Gasteiger partial charge in [0.25, 0.3) is 5.91 Å². The first-order chi connectivity index (χ1) is 11.8. The van der Waals surface area contributed by atoms with Gasteiger partial charge in [-0.15, -0.1) is 0 Å². The fourth-order valence-electron chi connectivity index (χ4n) is 1.99. The van der Waals surface area contributed by atoms with Gasteiger partial charge in [-0.1, -0.05) is 12.1 Å². The molecule has 0 fully saturated rings. The number of amides is 2. The summed E-state index contributed by atoms with van der Waals surface area (Å²) in [5, 5.41) is 4.41. The zero-order valence-electron chi connectivity index (χ0n) is 13.2. The van der Waals surface area contributed by atoms with E-state index in [-0.39, 0.29) is 12.5 Å². The molecule has 0 radical (unpaired) electrons. The number of rotatable bonds is 5. The van der Waals surface area contributed by atoms with E-state index in [1.54, 1.807) is 47.8 Å². The highest BCUT2D eigenvalue weighted by atomic mass is 19.4. The van der Waals surface area contributed by atoms with Crippen molar-refractivity contribution in [2.24, 2.45) is 0 Å². The second-order valence-corrected chi connectivity index (χ2v) is 5.06. The molecule has 0 aromatic heterocycles. The molecule has 8 heteroatoms. The number of carbonyl (C=O) groups is 2. The Morgan fingerprint density at radius 3 is 2.36 bits per heavy atom. The number of methoxy groups -OCH3 is 1. The van der Waals surface area contributed by atoms with Crippen LogP contribution in [-0.2, 0) is 11.3 Å². The Hall–Kier alpha value is -3.03. The van der Waals surface area contributed by atoms with Crippen LogP contribution in [0.4, 0.5) is 18.9 Å². The summed E-state index contributed by atoms with van der Waals surface area (Å²) in [6, 6.07) is 12.6. The summed E-state index contributed by atoms with van der Waals surface area (Å²) in [4.78, 5) is 23.0. The Kier molecular flexibility index (Phi) is 5.63. The average molecular weight is 352 g/mol. The number of hydrogen-bond acceptors (Lipinski definition) is 3. The van der Waals surface area contributed by atoms with Gasteiger partial charge in [-0.2, -0.15) is 13.2 Å². The van der Waals surface area contributed by atoms with Crippen LogP contribution in [0.1, 0.15) is 15.9 Å². The van der Waals surface area contributed by atoms with Crippen molar-refractivity contribution in [3.8, 4) is 5.75 Å². The molecule has 0 bridgehead atoms. The molecular formula is C17H15F3N2O3. The minimum Gasteiger partial charge on any atom is -0.497 e. The Balaban J connectivity index is 2.00. The molecular weight excluding hydrogens is 337 g/mol. The van der Waals surface area contributed by atoms with E-state index in [0.29, 0.717) is 22.6 Å². The Bertz CT molecular complexity index is 758. The van der Waals surface area contributed by atoms with Gasteiger partial charge in [-0.05, 0) is 42.0 Å². The Labute approximate surface area is 141 Å². The van der Waals surface area contributed by atoms with Crippen LogP contribution in [-0.4, -0.2) is 25.1 Å². The summed E-state index contributed by atoms with van der Waals surface area (Å²) in [5.41, 5.74) is 1.22. The van der Waals surface area contributed by atoms with Crippen molar-refractivity contribution >= 4 is 17.5 Å². The van der Waals surface area contributed by atoms with Crippen molar-refractivity contribution in [1.82, 2.24) is 5.32 Å². The zero-order chi connectivity index (χ0) is 18.4. The van der Waals surface area contributed by atoms with Gasteiger partial charge in [0, 0.05) is 17.8 Å². The van der Waals surface area contributed by atoms with Gasteiger partial charge in [0.1, 0.15) is 5.75 Å². The molecule has 2 rings (SSSR count). The SMILES string of the molecule is COc1ccc(C(=O)Nc2cccc(CNC(=O)C(F)(F)F)c2)cc1. The molecule has 0 aliphatic rings. The minimum atomic E-state index is -4.93. The van der Waals surface area contributed by atoms with Crippen molar-refractivity contribution in [1.29, 1.82) is 0 Å². The quantitative estimate of drug-likeness (QED) is 0.869. The van der Waals surface area contributed by atoms with Crippen molar-refractivity contribution in [2.75, 3.05) is 12.4 Å². The second-order valence-electron chi connectivity index (χ2n) is 5.06. The minimum absolute atomic E-state index is 0.301. The molecule has 0 atom stereocenters. The van der Waals surface area contributed by atoms with Crippen molar-refractivity contribution in [3.63, 3.8) is 0 Å². The van der Waals surface area contributed by atoms with Crippen LogP contribution in [0.15, 0.2) is 48.5 Å². The summed E-state index contributed by atoms with van der Waals surface area (Å²) in [6.45, 7) is -0.301. The standard InChI is InChI=1S/C17H15F3N2O3/c1-25-14-7-5-12(6-8-14)15(23)22-13-4-2-3-11(9-13)10-21-16(24)17(18,19)20/h2-9H,10H2,1H3,(H,21,24)(H,22,23). The molecule has 0 saturated carbocycles. The van der Waals surface area contributed by atoms with Crippen LogP contribution in [0.25, 0.3) is 0 Å². The predicted octanol–water partition coefficient (Wildman–Crippen LogP) is 3.13. The monoisotopic (exact) mass is 352 g/mol. The molecule has 25 heavy (non-hydrogen) atoms. The van der Waals surface area contributed by atoms with Crippen LogP contribution < -0.4 is 15.4 Å².